The molecular weight excluding hydrogens is 416 g/mol. The Morgan fingerprint density at radius 2 is 1.65 bits per heavy atom. The molecule has 0 radical (unpaired) electrons. The van der Waals surface area contributed by atoms with Gasteiger partial charge in [-0.25, -0.2) is 10.2 Å². The number of rotatable bonds is 8. The SMILES string of the molecule is CCCOc1ccc(C(=O)NN=Cc2ccc(OC(=O)c3ccccc3Cl)cc2)cc1. The lowest BCUT2D eigenvalue weighted by Crippen LogP contribution is -2.17. The summed E-state index contributed by atoms with van der Waals surface area (Å²) in [5.41, 5.74) is 3.97. The highest BCUT2D eigenvalue weighted by molar-refractivity contribution is 6.33. The number of hydrogen-bond donors (Lipinski definition) is 1. The third-order valence-electron chi connectivity index (χ3n) is 4.15. The molecule has 0 saturated carbocycles. The molecule has 0 aliphatic rings. The second-order valence-corrected chi connectivity index (χ2v) is 6.92. The third kappa shape index (κ3) is 6.42. The summed E-state index contributed by atoms with van der Waals surface area (Å²) in [5.74, 6) is 0.225. The number of amides is 1. The van der Waals surface area contributed by atoms with Gasteiger partial charge >= 0.3 is 5.97 Å². The van der Waals surface area contributed by atoms with Crippen molar-refractivity contribution in [2.24, 2.45) is 5.10 Å². The zero-order chi connectivity index (χ0) is 22.1. The molecule has 0 spiro atoms. The van der Waals surface area contributed by atoms with Gasteiger partial charge in [0, 0.05) is 5.56 Å². The Balaban J connectivity index is 1.53. The van der Waals surface area contributed by atoms with Crippen LogP contribution < -0.4 is 14.9 Å². The minimum absolute atomic E-state index is 0.294. The second-order valence-electron chi connectivity index (χ2n) is 6.51. The number of hydrogen-bond acceptors (Lipinski definition) is 5. The van der Waals surface area contributed by atoms with E-state index in [1.165, 1.54) is 6.21 Å². The molecule has 0 unspecified atom stereocenters. The van der Waals surface area contributed by atoms with Crippen molar-refractivity contribution in [2.45, 2.75) is 13.3 Å². The van der Waals surface area contributed by atoms with Crippen LogP contribution >= 0.6 is 11.6 Å². The van der Waals surface area contributed by atoms with Gasteiger partial charge in [-0.3, -0.25) is 4.79 Å². The maximum absolute atomic E-state index is 12.2. The number of nitrogens with one attached hydrogen (secondary N) is 1. The van der Waals surface area contributed by atoms with Crippen LogP contribution in [0, 0.1) is 0 Å². The molecule has 0 aliphatic heterocycles. The van der Waals surface area contributed by atoms with Crippen LogP contribution in [0.1, 0.15) is 39.6 Å². The summed E-state index contributed by atoms with van der Waals surface area (Å²) >= 11 is 6.01. The van der Waals surface area contributed by atoms with E-state index in [1.54, 1.807) is 72.8 Å². The summed E-state index contributed by atoms with van der Waals surface area (Å²) in [4.78, 5) is 24.3. The maximum Gasteiger partial charge on any atom is 0.345 e. The Kier molecular flexibility index (Phi) is 7.79. The predicted molar refractivity (Wildman–Crippen MR) is 120 cm³/mol. The fourth-order valence-electron chi connectivity index (χ4n) is 2.56. The molecule has 31 heavy (non-hydrogen) atoms. The summed E-state index contributed by atoms with van der Waals surface area (Å²) in [5, 5.41) is 4.29. The van der Waals surface area contributed by atoms with E-state index in [2.05, 4.69) is 10.5 Å². The molecule has 3 aromatic rings. The summed E-state index contributed by atoms with van der Waals surface area (Å²) in [6.45, 7) is 2.66. The van der Waals surface area contributed by atoms with Gasteiger partial charge in [-0.1, -0.05) is 30.7 Å². The first-order valence-corrected chi connectivity index (χ1v) is 10.1. The summed E-state index contributed by atoms with van der Waals surface area (Å²) < 4.78 is 10.8. The van der Waals surface area contributed by atoms with Crippen molar-refractivity contribution >= 4 is 29.7 Å². The van der Waals surface area contributed by atoms with Gasteiger partial charge in [0.05, 0.1) is 23.4 Å². The lowest BCUT2D eigenvalue weighted by atomic mass is 10.2. The predicted octanol–water partition coefficient (Wildman–Crippen LogP) is 5.11. The second kappa shape index (κ2) is 10.9. The van der Waals surface area contributed by atoms with Crippen LogP contribution in [0.15, 0.2) is 77.9 Å². The van der Waals surface area contributed by atoms with Crippen molar-refractivity contribution in [1.82, 2.24) is 5.43 Å². The number of halogens is 1. The van der Waals surface area contributed by atoms with Crippen LogP contribution in [0.2, 0.25) is 5.02 Å². The highest BCUT2D eigenvalue weighted by atomic mass is 35.5. The maximum atomic E-state index is 12.2. The lowest BCUT2D eigenvalue weighted by molar-refractivity contribution is 0.0734. The average molecular weight is 437 g/mol. The fraction of sp³-hybridized carbons (Fsp3) is 0.125. The Morgan fingerprint density at radius 1 is 0.968 bits per heavy atom. The average Bonchev–Trinajstić information content (AvgIpc) is 2.79. The molecule has 0 saturated heterocycles. The first-order chi connectivity index (χ1) is 15.1. The minimum Gasteiger partial charge on any atom is -0.494 e. The van der Waals surface area contributed by atoms with Gasteiger partial charge in [-0.2, -0.15) is 5.10 Å². The smallest absolute Gasteiger partial charge is 0.345 e. The monoisotopic (exact) mass is 436 g/mol. The molecule has 0 atom stereocenters. The molecule has 7 heteroatoms. The van der Waals surface area contributed by atoms with Gasteiger partial charge in [0.1, 0.15) is 11.5 Å². The Labute approximate surface area is 185 Å². The van der Waals surface area contributed by atoms with Crippen molar-refractivity contribution in [3.63, 3.8) is 0 Å². The van der Waals surface area contributed by atoms with Crippen LogP contribution in [0.3, 0.4) is 0 Å². The van der Waals surface area contributed by atoms with Crippen LogP contribution in [0.25, 0.3) is 0 Å². The molecule has 0 aromatic heterocycles. The van der Waals surface area contributed by atoms with Gasteiger partial charge in [0.15, 0.2) is 0 Å². The van der Waals surface area contributed by atoms with Crippen molar-refractivity contribution in [3.05, 3.63) is 94.5 Å². The van der Waals surface area contributed by atoms with Gasteiger partial charge in [-0.15, -0.1) is 0 Å². The van der Waals surface area contributed by atoms with Crippen molar-refractivity contribution < 1.29 is 19.1 Å². The Morgan fingerprint density at radius 3 is 2.32 bits per heavy atom. The van der Waals surface area contributed by atoms with Crippen molar-refractivity contribution in [2.75, 3.05) is 6.61 Å². The molecule has 1 amide bonds. The number of benzene rings is 3. The van der Waals surface area contributed by atoms with Crippen molar-refractivity contribution in [1.29, 1.82) is 0 Å². The molecule has 0 bridgehead atoms. The van der Waals surface area contributed by atoms with Gasteiger partial charge < -0.3 is 9.47 Å². The van der Waals surface area contributed by atoms with Crippen LogP contribution in [0.4, 0.5) is 0 Å². The van der Waals surface area contributed by atoms with E-state index in [0.29, 0.717) is 28.5 Å². The van der Waals surface area contributed by atoms with E-state index in [4.69, 9.17) is 21.1 Å². The van der Waals surface area contributed by atoms with Gasteiger partial charge in [0.2, 0.25) is 0 Å². The third-order valence-corrected chi connectivity index (χ3v) is 4.48. The zero-order valence-corrected chi connectivity index (χ0v) is 17.6. The lowest BCUT2D eigenvalue weighted by Gasteiger charge is -2.06. The molecule has 0 heterocycles. The highest BCUT2D eigenvalue weighted by Crippen LogP contribution is 2.19. The molecular formula is C24H21ClN2O4. The van der Waals surface area contributed by atoms with Crippen molar-refractivity contribution in [3.8, 4) is 11.5 Å². The van der Waals surface area contributed by atoms with Gasteiger partial charge in [0.25, 0.3) is 5.91 Å². The highest BCUT2D eigenvalue weighted by Gasteiger charge is 2.12. The minimum atomic E-state index is -0.537. The summed E-state index contributed by atoms with van der Waals surface area (Å²) in [7, 11) is 0. The summed E-state index contributed by atoms with van der Waals surface area (Å²) in [6, 6.07) is 20.2. The van der Waals surface area contributed by atoms with Crippen LogP contribution in [-0.4, -0.2) is 24.7 Å². The van der Waals surface area contributed by atoms with E-state index in [1.807, 2.05) is 6.92 Å². The molecule has 158 valence electrons. The number of esters is 1. The number of carbonyl (C=O) groups is 2. The fourth-order valence-corrected chi connectivity index (χ4v) is 2.78. The van der Waals surface area contributed by atoms with E-state index in [9.17, 15) is 9.59 Å². The normalized spacial score (nSPS) is 10.6. The first kappa shape index (κ1) is 22.1. The van der Waals surface area contributed by atoms with E-state index in [0.717, 1.165) is 17.7 Å². The molecule has 0 fully saturated rings. The zero-order valence-electron chi connectivity index (χ0n) is 16.9. The first-order valence-electron chi connectivity index (χ1n) is 9.70. The van der Waals surface area contributed by atoms with E-state index < -0.39 is 5.97 Å². The van der Waals surface area contributed by atoms with E-state index >= 15 is 0 Å². The molecule has 3 rings (SSSR count). The van der Waals surface area contributed by atoms with Crippen LogP contribution in [0.5, 0.6) is 11.5 Å². The molecule has 6 nitrogen and oxygen atoms in total. The topological polar surface area (TPSA) is 77.0 Å². The van der Waals surface area contributed by atoms with Gasteiger partial charge in [-0.05, 0) is 72.6 Å². The Hall–Kier alpha value is -3.64. The number of hydrazone groups is 1. The van der Waals surface area contributed by atoms with E-state index in [-0.39, 0.29) is 5.91 Å². The van der Waals surface area contributed by atoms with Crippen LogP contribution in [-0.2, 0) is 0 Å². The molecule has 3 aromatic carbocycles. The number of carbonyl (C=O) groups excluding carboxylic acids is 2. The molecule has 0 aliphatic carbocycles. The quantitative estimate of drug-likeness (QED) is 0.230. The largest absolute Gasteiger partial charge is 0.494 e. The number of nitrogens with zero attached hydrogens (tertiary/aromatic N) is 1. The standard InChI is InChI=1S/C24H21ClN2O4/c1-2-15-30-19-13-9-18(10-14-19)23(28)27-26-16-17-7-11-20(12-8-17)31-24(29)21-5-3-4-6-22(21)25/h3-14,16H,2,15H2,1H3,(H,27,28). The molecule has 1 N–H and O–H groups in total. The summed E-state index contributed by atoms with van der Waals surface area (Å²) in [6.07, 6.45) is 2.41. The number of ether oxygens (including phenoxy) is 2. The Bertz CT molecular complexity index is 1060.